The molecule has 136 valence electrons. The van der Waals surface area contributed by atoms with E-state index >= 15 is 0 Å². The van der Waals surface area contributed by atoms with Crippen molar-refractivity contribution in [1.29, 1.82) is 0 Å². The summed E-state index contributed by atoms with van der Waals surface area (Å²) in [4.78, 5) is 23.7. The molecule has 0 atom stereocenters. The molecule has 0 radical (unpaired) electrons. The SMILES string of the molecule is COc1ccc(OC)c(NC(=O)COC(=O)/C=C/c2ccccc2Cl)c1. The summed E-state index contributed by atoms with van der Waals surface area (Å²) >= 11 is 5.99. The Morgan fingerprint density at radius 3 is 2.58 bits per heavy atom. The number of halogens is 1. The number of anilines is 1. The summed E-state index contributed by atoms with van der Waals surface area (Å²) in [6.07, 6.45) is 2.73. The number of esters is 1. The number of benzene rings is 2. The first-order chi connectivity index (χ1) is 12.5. The summed E-state index contributed by atoms with van der Waals surface area (Å²) < 4.78 is 15.2. The number of hydrogen-bond acceptors (Lipinski definition) is 5. The number of methoxy groups -OCH3 is 2. The van der Waals surface area contributed by atoms with E-state index in [1.807, 2.05) is 0 Å². The molecule has 0 aliphatic rings. The third-order valence-corrected chi connectivity index (χ3v) is 3.67. The van der Waals surface area contributed by atoms with Gasteiger partial charge in [0.2, 0.25) is 0 Å². The Hall–Kier alpha value is -2.99. The van der Waals surface area contributed by atoms with Crippen LogP contribution in [0.1, 0.15) is 5.56 Å². The van der Waals surface area contributed by atoms with E-state index in [0.29, 0.717) is 27.8 Å². The second-order valence-electron chi connectivity index (χ2n) is 5.08. The fraction of sp³-hybridized carbons (Fsp3) is 0.158. The van der Waals surface area contributed by atoms with E-state index in [4.69, 9.17) is 25.8 Å². The highest BCUT2D eigenvalue weighted by Gasteiger charge is 2.10. The van der Waals surface area contributed by atoms with Crippen molar-refractivity contribution >= 4 is 35.2 Å². The zero-order chi connectivity index (χ0) is 18.9. The number of carbonyl (C=O) groups excluding carboxylic acids is 2. The lowest BCUT2D eigenvalue weighted by Crippen LogP contribution is -2.20. The summed E-state index contributed by atoms with van der Waals surface area (Å²) in [6, 6.07) is 12.0. The fourth-order valence-corrected chi connectivity index (χ4v) is 2.25. The maximum Gasteiger partial charge on any atom is 0.331 e. The Balaban J connectivity index is 1.90. The first kappa shape index (κ1) is 19.3. The molecule has 0 aliphatic heterocycles. The van der Waals surface area contributed by atoms with Crippen LogP contribution in [0.25, 0.3) is 6.08 Å². The van der Waals surface area contributed by atoms with Crippen molar-refractivity contribution in [3.63, 3.8) is 0 Å². The van der Waals surface area contributed by atoms with Crippen LogP contribution in [0.4, 0.5) is 5.69 Å². The van der Waals surface area contributed by atoms with E-state index in [1.165, 1.54) is 26.4 Å². The second kappa shape index (κ2) is 9.48. The lowest BCUT2D eigenvalue weighted by atomic mass is 10.2. The van der Waals surface area contributed by atoms with Crippen LogP contribution in [0.2, 0.25) is 5.02 Å². The van der Waals surface area contributed by atoms with Crippen molar-refractivity contribution in [3.05, 3.63) is 59.1 Å². The minimum atomic E-state index is -0.655. The average Bonchev–Trinajstić information content (AvgIpc) is 2.65. The smallest absolute Gasteiger partial charge is 0.331 e. The number of carbonyl (C=O) groups is 2. The van der Waals surface area contributed by atoms with Gasteiger partial charge in [0, 0.05) is 17.2 Å². The lowest BCUT2D eigenvalue weighted by Gasteiger charge is -2.11. The van der Waals surface area contributed by atoms with E-state index in [1.54, 1.807) is 42.5 Å². The molecular weight excluding hydrogens is 358 g/mol. The molecule has 2 aromatic rings. The van der Waals surface area contributed by atoms with E-state index in [-0.39, 0.29) is 0 Å². The molecule has 0 heterocycles. The molecule has 2 rings (SSSR count). The van der Waals surface area contributed by atoms with Gasteiger partial charge < -0.3 is 19.5 Å². The molecule has 1 amide bonds. The third-order valence-electron chi connectivity index (χ3n) is 3.33. The van der Waals surface area contributed by atoms with Crippen LogP contribution in [-0.4, -0.2) is 32.7 Å². The predicted molar refractivity (Wildman–Crippen MR) is 99.6 cm³/mol. The van der Waals surface area contributed by atoms with Gasteiger partial charge in [-0.3, -0.25) is 4.79 Å². The van der Waals surface area contributed by atoms with Crippen LogP contribution in [0.15, 0.2) is 48.5 Å². The van der Waals surface area contributed by atoms with Crippen LogP contribution in [0, 0.1) is 0 Å². The molecule has 0 fully saturated rings. The minimum Gasteiger partial charge on any atom is -0.497 e. The number of nitrogens with one attached hydrogen (secondary N) is 1. The molecular formula is C19H18ClNO5. The molecule has 0 aromatic heterocycles. The van der Waals surface area contributed by atoms with Gasteiger partial charge in [-0.25, -0.2) is 4.79 Å². The fourth-order valence-electron chi connectivity index (χ4n) is 2.05. The van der Waals surface area contributed by atoms with Crippen LogP contribution in [0.3, 0.4) is 0 Å². The Morgan fingerprint density at radius 2 is 1.88 bits per heavy atom. The predicted octanol–water partition coefficient (Wildman–Crippen LogP) is 3.55. The first-order valence-corrected chi connectivity index (χ1v) is 8.02. The van der Waals surface area contributed by atoms with Gasteiger partial charge >= 0.3 is 5.97 Å². The largest absolute Gasteiger partial charge is 0.497 e. The van der Waals surface area contributed by atoms with Crippen molar-refractivity contribution in [1.82, 2.24) is 0 Å². The van der Waals surface area contributed by atoms with Gasteiger partial charge in [0.25, 0.3) is 5.91 Å². The summed E-state index contributed by atoms with van der Waals surface area (Å²) in [6.45, 7) is -0.438. The van der Waals surface area contributed by atoms with Crippen molar-refractivity contribution in [3.8, 4) is 11.5 Å². The van der Waals surface area contributed by atoms with Crippen LogP contribution >= 0.6 is 11.6 Å². The Morgan fingerprint density at radius 1 is 1.12 bits per heavy atom. The zero-order valence-electron chi connectivity index (χ0n) is 14.3. The number of hydrogen-bond donors (Lipinski definition) is 1. The van der Waals surface area contributed by atoms with E-state index in [9.17, 15) is 9.59 Å². The summed E-state index contributed by atoms with van der Waals surface area (Å²) in [5.74, 6) is -0.140. The average molecular weight is 376 g/mol. The van der Waals surface area contributed by atoms with Gasteiger partial charge in [-0.2, -0.15) is 0 Å². The highest BCUT2D eigenvalue weighted by atomic mass is 35.5. The number of amides is 1. The lowest BCUT2D eigenvalue weighted by molar-refractivity contribution is -0.142. The standard InChI is InChI=1S/C19H18ClNO5/c1-24-14-8-9-17(25-2)16(11-14)21-18(22)12-26-19(23)10-7-13-5-3-4-6-15(13)20/h3-11H,12H2,1-2H3,(H,21,22)/b10-7+. The maximum absolute atomic E-state index is 12.0. The van der Waals surface area contributed by atoms with Crippen LogP contribution in [-0.2, 0) is 14.3 Å². The Labute approximate surface area is 156 Å². The van der Waals surface area contributed by atoms with Crippen LogP contribution in [0.5, 0.6) is 11.5 Å². The maximum atomic E-state index is 12.0. The topological polar surface area (TPSA) is 73.9 Å². The number of ether oxygens (including phenoxy) is 3. The molecule has 0 saturated carbocycles. The molecule has 6 nitrogen and oxygen atoms in total. The summed E-state index contributed by atoms with van der Waals surface area (Å²) in [5, 5.41) is 3.12. The van der Waals surface area contributed by atoms with Gasteiger partial charge in [0.1, 0.15) is 11.5 Å². The molecule has 1 N–H and O–H groups in total. The van der Waals surface area contributed by atoms with Crippen molar-refractivity contribution in [2.24, 2.45) is 0 Å². The molecule has 0 unspecified atom stereocenters. The minimum absolute atomic E-state index is 0.416. The Bertz CT molecular complexity index is 819. The Kier molecular flexibility index (Phi) is 7.05. The first-order valence-electron chi connectivity index (χ1n) is 7.64. The molecule has 0 saturated heterocycles. The zero-order valence-corrected chi connectivity index (χ0v) is 15.1. The van der Waals surface area contributed by atoms with Gasteiger partial charge in [-0.15, -0.1) is 0 Å². The van der Waals surface area contributed by atoms with Gasteiger partial charge in [-0.05, 0) is 29.8 Å². The van der Waals surface area contributed by atoms with Crippen molar-refractivity contribution < 1.29 is 23.8 Å². The van der Waals surface area contributed by atoms with Gasteiger partial charge in [0.15, 0.2) is 6.61 Å². The van der Waals surface area contributed by atoms with Crippen molar-refractivity contribution in [2.75, 3.05) is 26.1 Å². The van der Waals surface area contributed by atoms with Crippen LogP contribution < -0.4 is 14.8 Å². The molecule has 7 heteroatoms. The highest BCUT2D eigenvalue weighted by Crippen LogP contribution is 2.28. The van der Waals surface area contributed by atoms with E-state index in [0.717, 1.165) is 0 Å². The molecule has 0 aliphatic carbocycles. The number of rotatable bonds is 7. The molecule has 2 aromatic carbocycles. The summed E-state index contributed by atoms with van der Waals surface area (Å²) in [5.41, 5.74) is 1.09. The van der Waals surface area contributed by atoms with Gasteiger partial charge in [-0.1, -0.05) is 29.8 Å². The monoisotopic (exact) mass is 375 g/mol. The molecule has 26 heavy (non-hydrogen) atoms. The third kappa shape index (κ3) is 5.53. The molecule has 0 spiro atoms. The summed E-state index contributed by atoms with van der Waals surface area (Å²) in [7, 11) is 3.00. The highest BCUT2D eigenvalue weighted by molar-refractivity contribution is 6.32. The molecule has 0 bridgehead atoms. The second-order valence-corrected chi connectivity index (χ2v) is 5.48. The van der Waals surface area contributed by atoms with E-state index in [2.05, 4.69) is 5.32 Å². The quantitative estimate of drug-likeness (QED) is 0.591. The van der Waals surface area contributed by atoms with E-state index < -0.39 is 18.5 Å². The van der Waals surface area contributed by atoms with Gasteiger partial charge in [0.05, 0.1) is 19.9 Å². The normalized spacial score (nSPS) is 10.4. The van der Waals surface area contributed by atoms with Crippen molar-refractivity contribution in [2.45, 2.75) is 0 Å².